The van der Waals surface area contributed by atoms with Crippen molar-refractivity contribution >= 4 is 29.4 Å². The number of benzene rings is 1. The monoisotopic (exact) mass is 386 g/mol. The molecule has 1 aliphatic heterocycles. The average Bonchev–Trinajstić information content (AvgIpc) is 2.93. The fraction of sp³-hybridized carbons (Fsp3) is 0.400. The summed E-state index contributed by atoms with van der Waals surface area (Å²) < 4.78 is 10.2. The molecule has 2 atom stereocenters. The van der Waals surface area contributed by atoms with Crippen LogP contribution in [0.3, 0.4) is 0 Å². The summed E-state index contributed by atoms with van der Waals surface area (Å²) in [5.41, 5.74) is 0.533. The smallest absolute Gasteiger partial charge is 0.326 e. The molecular weight excluding hydrogens is 364 g/mol. The quantitative estimate of drug-likeness (QED) is 0.433. The summed E-state index contributed by atoms with van der Waals surface area (Å²) in [5.74, 6) is -2.13. The van der Waals surface area contributed by atoms with Gasteiger partial charge in [-0.1, -0.05) is 12.2 Å². The van der Waals surface area contributed by atoms with E-state index in [0.29, 0.717) is 30.9 Å². The van der Waals surface area contributed by atoms with Crippen LogP contribution in [-0.2, 0) is 23.9 Å². The predicted octanol–water partition coefficient (Wildman–Crippen LogP) is 1.52. The van der Waals surface area contributed by atoms with E-state index in [1.165, 1.54) is 0 Å². The summed E-state index contributed by atoms with van der Waals surface area (Å²) >= 11 is 0. The maximum absolute atomic E-state index is 12.3. The van der Waals surface area contributed by atoms with Gasteiger partial charge in [0.15, 0.2) is 6.61 Å². The molecule has 28 heavy (non-hydrogen) atoms. The van der Waals surface area contributed by atoms with Gasteiger partial charge >= 0.3 is 5.97 Å². The highest BCUT2D eigenvalue weighted by molar-refractivity contribution is 6.07. The first-order valence-corrected chi connectivity index (χ1v) is 9.18. The molecule has 0 aromatic heterocycles. The molecule has 1 saturated heterocycles. The summed E-state index contributed by atoms with van der Waals surface area (Å²) in [7, 11) is 0. The van der Waals surface area contributed by atoms with E-state index in [1.54, 1.807) is 24.3 Å². The van der Waals surface area contributed by atoms with Crippen molar-refractivity contribution in [1.29, 1.82) is 0 Å². The SMILES string of the molecule is CCOc1ccc(NC(=O)COC(=O)CN2C(=O)[C@H]3CC=CC[C@H]3C2=O)cc1. The Bertz CT molecular complexity index is 775. The minimum atomic E-state index is -0.796. The zero-order chi connectivity index (χ0) is 20.1. The number of rotatable bonds is 7. The molecule has 1 fully saturated rings. The number of esters is 1. The Balaban J connectivity index is 1.45. The molecule has 0 radical (unpaired) electrons. The van der Waals surface area contributed by atoms with Crippen LogP contribution in [0.5, 0.6) is 5.75 Å². The number of likely N-dealkylation sites (tertiary alicyclic amines) is 1. The maximum atomic E-state index is 12.3. The second-order valence-corrected chi connectivity index (χ2v) is 6.58. The second kappa shape index (κ2) is 8.69. The van der Waals surface area contributed by atoms with Gasteiger partial charge in [-0.25, -0.2) is 0 Å². The van der Waals surface area contributed by atoms with Crippen molar-refractivity contribution in [2.45, 2.75) is 19.8 Å². The standard InChI is InChI=1S/C20H22N2O6/c1-2-27-14-9-7-13(8-10-14)21-17(23)12-28-18(24)11-22-19(25)15-5-3-4-6-16(15)20(22)26/h3-4,7-10,15-16H,2,5-6,11-12H2,1H3,(H,21,23)/t15-,16+. The molecule has 0 unspecified atom stereocenters. The molecule has 0 spiro atoms. The zero-order valence-electron chi connectivity index (χ0n) is 15.6. The van der Waals surface area contributed by atoms with Gasteiger partial charge in [0.05, 0.1) is 18.4 Å². The molecule has 1 aromatic carbocycles. The highest BCUT2D eigenvalue weighted by Gasteiger charge is 2.47. The lowest BCUT2D eigenvalue weighted by Gasteiger charge is -2.14. The predicted molar refractivity (Wildman–Crippen MR) is 99.3 cm³/mol. The summed E-state index contributed by atoms with van der Waals surface area (Å²) in [6.07, 6.45) is 4.76. The van der Waals surface area contributed by atoms with Crippen LogP contribution in [0, 0.1) is 11.8 Å². The van der Waals surface area contributed by atoms with Crippen molar-refractivity contribution < 1.29 is 28.7 Å². The van der Waals surface area contributed by atoms with Gasteiger partial charge in [0, 0.05) is 5.69 Å². The molecule has 1 N–H and O–H groups in total. The molecule has 1 aromatic rings. The van der Waals surface area contributed by atoms with E-state index < -0.39 is 36.9 Å². The highest BCUT2D eigenvalue weighted by Crippen LogP contribution is 2.34. The number of ether oxygens (including phenoxy) is 2. The Labute approximate surface area is 162 Å². The van der Waals surface area contributed by atoms with Crippen LogP contribution in [0.2, 0.25) is 0 Å². The van der Waals surface area contributed by atoms with E-state index in [9.17, 15) is 19.2 Å². The first kappa shape index (κ1) is 19.6. The molecule has 2 aliphatic rings. The van der Waals surface area contributed by atoms with Crippen LogP contribution in [0.4, 0.5) is 5.69 Å². The van der Waals surface area contributed by atoms with Crippen molar-refractivity contribution in [3.05, 3.63) is 36.4 Å². The van der Waals surface area contributed by atoms with Gasteiger partial charge in [0.2, 0.25) is 11.8 Å². The minimum Gasteiger partial charge on any atom is -0.494 e. The Hall–Kier alpha value is -3.16. The number of hydrogen-bond acceptors (Lipinski definition) is 6. The Morgan fingerprint density at radius 2 is 1.68 bits per heavy atom. The van der Waals surface area contributed by atoms with Crippen LogP contribution < -0.4 is 10.1 Å². The molecule has 8 heteroatoms. The number of carbonyl (C=O) groups is 4. The van der Waals surface area contributed by atoms with E-state index in [0.717, 1.165) is 4.90 Å². The Morgan fingerprint density at radius 3 is 2.25 bits per heavy atom. The number of nitrogens with zero attached hydrogens (tertiary/aromatic N) is 1. The first-order valence-electron chi connectivity index (χ1n) is 9.18. The number of imide groups is 1. The second-order valence-electron chi connectivity index (χ2n) is 6.58. The van der Waals surface area contributed by atoms with Crippen molar-refractivity contribution in [2.75, 3.05) is 25.1 Å². The number of hydrogen-bond donors (Lipinski definition) is 1. The number of fused-ring (bicyclic) bond motifs is 1. The van der Waals surface area contributed by atoms with Gasteiger partial charge in [0.25, 0.3) is 5.91 Å². The largest absolute Gasteiger partial charge is 0.494 e. The lowest BCUT2D eigenvalue weighted by molar-refractivity contribution is -0.154. The molecule has 3 rings (SSSR count). The van der Waals surface area contributed by atoms with Gasteiger partial charge in [-0.15, -0.1) is 0 Å². The van der Waals surface area contributed by atoms with E-state index in [2.05, 4.69) is 5.32 Å². The van der Waals surface area contributed by atoms with Crippen molar-refractivity contribution in [3.63, 3.8) is 0 Å². The molecular formula is C20H22N2O6. The number of carbonyl (C=O) groups excluding carboxylic acids is 4. The molecule has 0 bridgehead atoms. The number of nitrogens with one attached hydrogen (secondary N) is 1. The van der Waals surface area contributed by atoms with Gasteiger partial charge < -0.3 is 14.8 Å². The normalized spacial score (nSPS) is 20.7. The van der Waals surface area contributed by atoms with Gasteiger partial charge in [-0.2, -0.15) is 0 Å². The van der Waals surface area contributed by atoms with E-state index >= 15 is 0 Å². The van der Waals surface area contributed by atoms with Crippen LogP contribution in [0.25, 0.3) is 0 Å². The lowest BCUT2D eigenvalue weighted by Crippen LogP contribution is -2.37. The summed E-state index contributed by atoms with van der Waals surface area (Å²) in [6, 6.07) is 6.76. The van der Waals surface area contributed by atoms with Crippen LogP contribution in [0.15, 0.2) is 36.4 Å². The van der Waals surface area contributed by atoms with Crippen LogP contribution in [-0.4, -0.2) is 48.3 Å². The Kier molecular flexibility index (Phi) is 6.08. The lowest BCUT2D eigenvalue weighted by atomic mass is 9.85. The van der Waals surface area contributed by atoms with E-state index in [1.807, 2.05) is 19.1 Å². The van der Waals surface area contributed by atoms with Crippen LogP contribution in [0.1, 0.15) is 19.8 Å². The van der Waals surface area contributed by atoms with E-state index in [4.69, 9.17) is 9.47 Å². The minimum absolute atomic E-state index is 0.352. The molecule has 1 heterocycles. The summed E-state index contributed by atoms with van der Waals surface area (Å²) in [5, 5.41) is 2.59. The average molecular weight is 386 g/mol. The number of allylic oxidation sites excluding steroid dienone is 2. The third kappa shape index (κ3) is 4.39. The van der Waals surface area contributed by atoms with Crippen molar-refractivity contribution in [2.24, 2.45) is 11.8 Å². The number of amides is 3. The van der Waals surface area contributed by atoms with Gasteiger partial charge in [-0.05, 0) is 44.0 Å². The molecule has 3 amide bonds. The molecule has 8 nitrogen and oxygen atoms in total. The number of anilines is 1. The van der Waals surface area contributed by atoms with Gasteiger partial charge in [0.1, 0.15) is 12.3 Å². The molecule has 1 aliphatic carbocycles. The Morgan fingerprint density at radius 1 is 1.07 bits per heavy atom. The van der Waals surface area contributed by atoms with E-state index in [-0.39, 0.29) is 11.8 Å². The fourth-order valence-corrected chi connectivity index (χ4v) is 3.34. The molecule has 148 valence electrons. The summed E-state index contributed by atoms with van der Waals surface area (Å²) in [6.45, 7) is 1.44. The van der Waals surface area contributed by atoms with Crippen molar-refractivity contribution in [1.82, 2.24) is 4.90 Å². The third-order valence-corrected chi connectivity index (χ3v) is 4.70. The summed E-state index contributed by atoms with van der Waals surface area (Å²) in [4.78, 5) is 49.5. The fourth-order valence-electron chi connectivity index (χ4n) is 3.34. The maximum Gasteiger partial charge on any atom is 0.326 e. The topological polar surface area (TPSA) is 102 Å². The van der Waals surface area contributed by atoms with Gasteiger partial charge in [-0.3, -0.25) is 24.1 Å². The van der Waals surface area contributed by atoms with Crippen LogP contribution >= 0.6 is 0 Å². The van der Waals surface area contributed by atoms with Crippen molar-refractivity contribution in [3.8, 4) is 5.75 Å². The molecule has 0 saturated carbocycles. The zero-order valence-corrected chi connectivity index (χ0v) is 15.6. The first-order chi connectivity index (χ1) is 13.5. The third-order valence-electron chi connectivity index (χ3n) is 4.70. The highest BCUT2D eigenvalue weighted by atomic mass is 16.5.